The van der Waals surface area contributed by atoms with Crippen LogP contribution in [0, 0.1) is 16.7 Å². The van der Waals surface area contributed by atoms with Crippen molar-refractivity contribution in [1.82, 2.24) is 5.32 Å². The molecule has 2 heteroatoms. The van der Waals surface area contributed by atoms with Crippen LogP contribution < -0.4 is 5.32 Å². The fourth-order valence-corrected chi connectivity index (χ4v) is 4.68. The van der Waals surface area contributed by atoms with Crippen LogP contribution >= 0.6 is 0 Å². The Bertz CT molecular complexity index is 336. The van der Waals surface area contributed by atoms with Gasteiger partial charge in [0.25, 0.3) is 0 Å². The van der Waals surface area contributed by atoms with Crippen LogP contribution in [0.3, 0.4) is 0 Å². The van der Waals surface area contributed by atoms with Crippen LogP contribution in [-0.2, 0) is 4.74 Å². The molecule has 0 saturated heterocycles. The zero-order chi connectivity index (χ0) is 14.5. The number of nitrogens with one attached hydrogen (secondary N) is 1. The van der Waals surface area contributed by atoms with Crippen molar-refractivity contribution >= 4 is 0 Å². The number of rotatable bonds is 5. The van der Waals surface area contributed by atoms with Crippen molar-refractivity contribution in [3.8, 4) is 0 Å². The smallest absolute Gasteiger partial charge is 0.0637 e. The van der Waals surface area contributed by atoms with E-state index in [0.717, 1.165) is 12.3 Å². The van der Waals surface area contributed by atoms with E-state index in [1.54, 1.807) is 0 Å². The second-order valence-electron chi connectivity index (χ2n) is 8.40. The van der Waals surface area contributed by atoms with Gasteiger partial charge in [0.05, 0.1) is 5.60 Å². The largest absolute Gasteiger partial charge is 0.379 e. The van der Waals surface area contributed by atoms with Crippen molar-refractivity contribution in [2.75, 3.05) is 7.11 Å². The molecule has 0 heterocycles. The monoisotopic (exact) mass is 267 g/mol. The summed E-state index contributed by atoms with van der Waals surface area (Å²) >= 11 is 0. The molecule has 0 amide bonds. The molecule has 2 aliphatic rings. The zero-order valence-corrected chi connectivity index (χ0v) is 14.0. The van der Waals surface area contributed by atoms with Crippen LogP contribution in [0.4, 0.5) is 0 Å². The van der Waals surface area contributed by atoms with Crippen LogP contribution in [0.2, 0.25) is 0 Å². The first-order valence-electron chi connectivity index (χ1n) is 7.93. The van der Waals surface area contributed by atoms with Gasteiger partial charge in [-0.2, -0.15) is 0 Å². The minimum Gasteiger partial charge on any atom is -0.379 e. The molecule has 0 spiro atoms. The summed E-state index contributed by atoms with van der Waals surface area (Å²) in [7, 11) is 1.81. The molecular formula is C17H33NO. The number of hydrogen-bond donors (Lipinski definition) is 1. The summed E-state index contributed by atoms with van der Waals surface area (Å²) in [5.74, 6) is 0.914. The van der Waals surface area contributed by atoms with Gasteiger partial charge in [-0.05, 0) is 63.2 Å². The third-order valence-corrected chi connectivity index (χ3v) is 6.63. The second-order valence-corrected chi connectivity index (χ2v) is 8.40. The van der Waals surface area contributed by atoms with Crippen LogP contribution in [0.15, 0.2) is 0 Å². The molecule has 0 aromatic carbocycles. The van der Waals surface area contributed by atoms with Gasteiger partial charge in [0.15, 0.2) is 0 Å². The van der Waals surface area contributed by atoms with Crippen molar-refractivity contribution in [3.63, 3.8) is 0 Å². The highest BCUT2D eigenvalue weighted by atomic mass is 16.5. The van der Waals surface area contributed by atoms with Crippen LogP contribution in [0.5, 0.6) is 0 Å². The Balaban J connectivity index is 1.98. The lowest BCUT2D eigenvalue weighted by Gasteiger charge is -2.41. The maximum absolute atomic E-state index is 5.56. The van der Waals surface area contributed by atoms with E-state index in [2.05, 4.69) is 46.9 Å². The summed E-state index contributed by atoms with van der Waals surface area (Å²) in [4.78, 5) is 0. The second kappa shape index (κ2) is 4.73. The van der Waals surface area contributed by atoms with E-state index in [9.17, 15) is 0 Å². The Morgan fingerprint density at radius 1 is 1.32 bits per heavy atom. The highest BCUT2D eigenvalue weighted by Gasteiger charge is 2.61. The summed E-state index contributed by atoms with van der Waals surface area (Å²) in [6.45, 7) is 14.1. The maximum Gasteiger partial charge on any atom is 0.0637 e. The van der Waals surface area contributed by atoms with Gasteiger partial charge < -0.3 is 10.1 Å². The Morgan fingerprint density at radius 3 is 2.37 bits per heavy atom. The first-order chi connectivity index (χ1) is 8.62. The molecule has 2 rings (SSSR count). The predicted octanol–water partition coefficient (Wildman–Crippen LogP) is 3.99. The van der Waals surface area contributed by atoms with Crippen molar-refractivity contribution in [1.29, 1.82) is 0 Å². The average Bonchev–Trinajstić information content (AvgIpc) is 2.61. The highest BCUT2D eigenvalue weighted by molar-refractivity contribution is 5.13. The van der Waals surface area contributed by atoms with E-state index in [-0.39, 0.29) is 5.60 Å². The van der Waals surface area contributed by atoms with Gasteiger partial charge in [-0.25, -0.2) is 0 Å². The molecule has 4 unspecified atom stereocenters. The first kappa shape index (κ1) is 15.3. The number of ether oxygens (including phenoxy) is 1. The van der Waals surface area contributed by atoms with Gasteiger partial charge in [0.2, 0.25) is 0 Å². The number of methoxy groups -OCH3 is 1. The fraction of sp³-hybridized carbons (Fsp3) is 1.00. The fourth-order valence-electron chi connectivity index (χ4n) is 4.68. The van der Waals surface area contributed by atoms with E-state index in [1.807, 2.05) is 7.11 Å². The molecule has 0 aromatic heterocycles. The third kappa shape index (κ3) is 2.47. The zero-order valence-electron chi connectivity index (χ0n) is 14.0. The van der Waals surface area contributed by atoms with Gasteiger partial charge in [-0.3, -0.25) is 0 Å². The third-order valence-electron chi connectivity index (χ3n) is 6.63. The lowest BCUT2D eigenvalue weighted by atomic mass is 9.69. The minimum atomic E-state index is -0.0273. The van der Waals surface area contributed by atoms with Crippen molar-refractivity contribution < 1.29 is 4.74 Å². The average molecular weight is 267 g/mol. The number of fused-ring (bicyclic) bond motifs is 2. The molecule has 19 heavy (non-hydrogen) atoms. The molecule has 4 atom stereocenters. The summed E-state index contributed by atoms with van der Waals surface area (Å²) in [5, 5.41) is 3.92. The van der Waals surface area contributed by atoms with Crippen molar-refractivity contribution in [3.05, 3.63) is 0 Å². The molecule has 2 saturated carbocycles. The van der Waals surface area contributed by atoms with Gasteiger partial charge in [0, 0.05) is 19.2 Å². The lowest BCUT2D eigenvalue weighted by molar-refractivity contribution is 0.00493. The van der Waals surface area contributed by atoms with Gasteiger partial charge >= 0.3 is 0 Å². The Hall–Kier alpha value is -0.0800. The van der Waals surface area contributed by atoms with Crippen molar-refractivity contribution in [2.45, 2.75) is 84.9 Å². The Kier molecular flexibility index (Phi) is 3.81. The quantitative estimate of drug-likeness (QED) is 0.813. The van der Waals surface area contributed by atoms with Gasteiger partial charge in [-0.15, -0.1) is 0 Å². The standard InChI is InChI=1S/C17H33NO/c1-12(11-15(2,3)19-7)18-14-10-13-8-9-17(14,6)16(13,4)5/h12-14,18H,8-11H2,1-7H3. The molecule has 1 N–H and O–H groups in total. The topological polar surface area (TPSA) is 21.3 Å². The molecule has 112 valence electrons. The minimum absolute atomic E-state index is 0.0273. The highest BCUT2D eigenvalue weighted by Crippen LogP contribution is 2.65. The maximum atomic E-state index is 5.56. The van der Waals surface area contributed by atoms with Crippen LogP contribution in [-0.4, -0.2) is 24.8 Å². The summed E-state index contributed by atoms with van der Waals surface area (Å²) < 4.78 is 5.56. The Labute approximate surface area is 119 Å². The van der Waals surface area contributed by atoms with E-state index >= 15 is 0 Å². The summed E-state index contributed by atoms with van der Waals surface area (Å²) in [5.41, 5.74) is 0.949. The van der Waals surface area contributed by atoms with E-state index in [0.29, 0.717) is 22.9 Å². The van der Waals surface area contributed by atoms with E-state index in [4.69, 9.17) is 4.74 Å². The van der Waals surface area contributed by atoms with E-state index in [1.165, 1.54) is 19.3 Å². The lowest BCUT2D eigenvalue weighted by Crippen LogP contribution is -2.49. The molecule has 0 radical (unpaired) electrons. The molecule has 0 aliphatic heterocycles. The molecule has 2 fully saturated rings. The molecule has 2 bridgehead atoms. The molecule has 0 aromatic rings. The Morgan fingerprint density at radius 2 is 1.95 bits per heavy atom. The SMILES string of the molecule is COC(C)(C)CC(C)NC1CC2CCC1(C)C2(C)C. The molecule has 2 nitrogen and oxygen atoms in total. The predicted molar refractivity (Wildman–Crippen MR) is 81.3 cm³/mol. The molecule has 2 aliphatic carbocycles. The molecular weight excluding hydrogens is 234 g/mol. The van der Waals surface area contributed by atoms with Crippen LogP contribution in [0.1, 0.15) is 67.2 Å². The first-order valence-corrected chi connectivity index (χ1v) is 7.93. The van der Waals surface area contributed by atoms with Crippen LogP contribution in [0.25, 0.3) is 0 Å². The van der Waals surface area contributed by atoms with Gasteiger partial charge in [-0.1, -0.05) is 20.8 Å². The summed E-state index contributed by atoms with van der Waals surface area (Å²) in [6.07, 6.45) is 5.25. The summed E-state index contributed by atoms with van der Waals surface area (Å²) in [6, 6.07) is 1.20. The van der Waals surface area contributed by atoms with Crippen molar-refractivity contribution in [2.24, 2.45) is 16.7 Å². The number of hydrogen-bond acceptors (Lipinski definition) is 2. The normalized spacial score (nSPS) is 38.7. The van der Waals surface area contributed by atoms with Gasteiger partial charge in [0.1, 0.15) is 0 Å². The van der Waals surface area contributed by atoms with E-state index < -0.39 is 0 Å².